The zero-order chi connectivity index (χ0) is 22.2. The average molecular weight is 440 g/mol. The van der Waals surface area contributed by atoms with E-state index < -0.39 is 0 Å². The van der Waals surface area contributed by atoms with E-state index in [0.717, 1.165) is 62.9 Å². The number of ether oxygens (including phenoxy) is 1. The van der Waals surface area contributed by atoms with E-state index in [4.69, 9.17) is 10.5 Å². The first-order chi connectivity index (χ1) is 15.5. The lowest BCUT2D eigenvalue weighted by atomic mass is 9.90. The maximum absolute atomic E-state index is 14.6. The van der Waals surface area contributed by atoms with E-state index in [2.05, 4.69) is 20.2 Å². The molecule has 2 bridgehead atoms. The monoisotopic (exact) mass is 439 g/mol. The van der Waals surface area contributed by atoms with Crippen molar-refractivity contribution in [3.63, 3.8) is 0 Å². The van der Waals surface area contributed by atoms with Crippen LogP contribution in [0.15, 0.2) is 18.2 Å². The highest BCUT2D eigenvalue weighted by Gasteiger charge is 2.43. The highest BCUT2D eigenvalue weighted by Crippen LogP contribution is 2.38. The molecule has 2 aliphatic carbocycles. The lowest BCUT2D eigenvalue weighted by molar-refractivity contribution is 0.0817. The van der Waals surface area contributed by atoms with Crippen molar-refractivity contribution in [3.8, 4) is 5.75 Å². The van der Waals surface area contributed by atoms with Gasteiger partial charge in [-0.05, 0) is 56.4 Å². The minimum Gasteiger partial charge on any atom is -0.494 e. The SMILES string of the molecule is COc1cccc(CN2C[C@H]3CC[C@@H](C2)C3NC(=O)c2nc(N)nc3c2CCCC3)c1F. The molecule has 0 spiro atoms. The Balaban J connectivity index is 1.28. The van der Waals surface area contributed by atoms with Crippen LogP contribution >= 0.6 is 0 Å². The lowest BCUT2D eigenvalue weighted by Crippen LogP contribution is -2.52. The second kappa shape index (κ2) is 8.65. The molecule has 8 heteroatoms. The van der Waals surface area contributed by atoms with Gasteiger partial charge in [-0.3, -0.25) is 9.69 Å². The van der Waals surface area contributed by atoms with E-state index in [1.165, 1.54) is 7.11 Å². The summed E-state index contributed by atoms with van der Waals surface area (Å²) in [5.41, 5.74) is 8.88. The number of carbonyl (C=O) groups excluding carboxylic acids is 1. The molecule has 0 radical (unpaired) electrons. The third kappa shape index (κ3) is 3.92. The minimum atomic E-state index is -0.288. The van der Waals surface area contributed by atoms with Crippen molar-refractivity contribution < 1.29 is 13.9 Å². The molecule has 1 unspecified atom stereocenters. The molecule has 3 N–H and O–H groups in total. The molecule has 170 valence electrons. The first kappa shape index (κ1) is 21.1. The topological polar surface area (TPSA) is 93.4 Å². The summed E-state index contributed by atoms with van der Waals surface area (Å²) in [5, 5.41) is 3.28. The summed E-state index contributed by atoms with van der Waals surface area (Å²) >= 11 is 0. The van der Waals surface area contributed by atoms with E-state index in [1.807, 2.05) is 12.1 Å². The van der Waals surface area contributed by atoms with Crippen molar-refractivity contribution in [3.05, 3.63) is 46.5 Å². The molecule has 3 aliphatic rings. The van der Waals surface area contributed by atoms with E-state index in [9.17, 15) is 9.18 Å². The number of nitrogen functional groups attached to an aromatic ring is 1. The van der Waals surface area contributed by atoms with Gasteiger partial charge in [0.05, 0.1) is 7.11 Å². The van der Waals surface area contributed by atoms with Gasteiger partial charge in [-0.1, -0.05) is 12.1 Å². The second-order valence-corrected chi connectivity index (χ2v) is 9.29. The van der Waals surface area contributed by atoms with Gasteiger partial charge < -0.3 is 15.8 Å². The Bertz CT molecular complexity index is 1020. The Morgan fingerprint density at radius 3 is 2.72 bits per heavy atom. The minimum absolute atomic E-state index is 0.115. The lowest BCUT2D eigenvalue weighted by Gasteiger charge is -2.38. The van der Waals surface area contributed by atoms with Gasteiger partial charge in [0.15, 0.2) is 11.6 Å². The zero-order valence-electron chi connectivity index (χ0n) is 18.4. The number of nitrogens with two attached hydrogens (primary N) is 1. The quantitative estimate of drug-likeness (QED) is 0.744. The van der Waals surface area contributed by atoms with Crippen LogP contribution in [0.3, 0.4) is 0 Å². The number of hydrogen-bond acceptors (Lipinski definition) is 6. The molecule has 1 saturated heterocycles. The number of fused-ring (bicyclic) bond motifs is 3. The summed E-state index contributed by atoms with van der Waals surface area (Å²) in [6.45, 7) is 2.22. The van der Waals surface area contributed by atoms with Gasteiger partial charge >= 0.3 is 0 Å². The third-order valence-electron chi connectivity index (χ3n) is 7.28. The van der Waals surface area contributed by atoms with Gasteiger partial charge in [-0.15, -0.1) is 0 Å². The van der Waals surface area contributed by atoms with Gasteiger partial charge in [-0.25, -0.2) is 14.4 Å². The van der Waals surface area contributed by atoms with Crippen LogP contribution in [0.4, 0.5) is 10.3 Å². The fourth-order valence-electron chi connectivity index (χ4n) is 5.78. The Morgan fingerprint density at radius 2 is 1.97 bits per heavy atom. The summed E-state index contributed by atoms with van der Waals surface area (Å²) in [6, 6.07) is 5.40. The maximum atomic E-state index is 14.6. The largest absolute Gasteiger partial charge is 0.494 e. The first-order valence-electron chi connectivity index (χ1n) is 11.5. The predicted octanol–water partition coefficient (Wildman–Crippen LogP) is 2.73. The number of aryl methyl sites for hydroxylation is 1. The molecule has 2 fully saturated rings. The molecule has 1 aromatic carbocycles. The van der Waals surface area contributed by atoms with Gasteiger partial charge in [0, 0.05) is 42.5 Å². The van der Waals surface area contributed by atoms with Crippen LogP contribution in [0.1, 0.15) is 53.0 Å². The Morgan fingerprint density at radius 1 is 1.22 bits per heavy atom. The molecule has 1 aromatic heterocycles. The molecular formula is C24H30FN5O2. The van der Waals surface area contributed by atoms with Crippen LogP contribution in [0.2, 0.25) is 0 Å². The molecule has 3 atom stereocenters. The molecule has 2 aromatic rings. The summed E-state index contributed by atoms with van der Waals surface area (Å²) < 4.78 is 19.7. The van der Waals surface area contributed by atoms with Gasteiger partial charge in [0.25, 0.3) is 5.91 Å². The van der Waals surface area contributed by atoms with Crippen molar-refractivity contribution in [2.75, 3.05) is 25.9 Å². The highest BCUT2D eigenvalue weighted by molar-refractivity contribution is 5.94. The molecule has 32 heavy (non-hydrogen) atoms. The van der Waals surface area contributed by atoms with Gasteiger partial charge in [0.2, 0.25) is 5.95 Å². The number of carbonyl (C=O) groups is 1. The molecule has 1 amide bonds. The van der Waals surface area contributed by atoms with Crippen LogP contribution in [0, 0.1) is 17.7 Å². The summed E-state index contributed by atoms with van der Waals surface area (Å²) in [6.07, 6.45) is 5.93. The number of aromatic nitrogens is 2. The summed E-state index contributed by atoms with van der Waals surface area (Å²) in [7, 11) is 1.49. The van der Waals surface area contributed by atoms with E-state index >= 15 is 0 Å². The van der Waals surface area contributed by atoms with Crippen LogP contribution in [0.25, 0.3) is 0 Å². The number of amides is 1. The number of nitrogens with one attached hydrogen (secondary N) is 1. The molecule has 7 nitrogen and oxygen atoms in total. The van der Waals surface area contributed by atoms with Crippen molar-refractivity contribution in [1.82, 2.24) is 20.2 Å². The van der Waals surface area contributed by atoms with Crippen molar-refractivity contribution in [2.24, 2.45) is 11.8 Å². The predicted molar refractivity (Wildman–Crippen MR) is 119 cm³/mol. The van der Waals surface area contributed by atoms with Crippen molar-refractivity contribution in [1.29, 1.82) is 0 Å². The molecule has 2 heterocycles. The molecule has 1 aliphatic heterocycles. The molecule has 5 rings (SSSR count). The number of nitrogens with zero attached hydrogens (tertiary/aromatic N) is 3. The number of halogens is 1. The van der Waals surface area contributed by atoms with E-state index in [-0.39, 0.29) is 29.5 Å². The van der Waals surface area contributed by atoms with Crippen molar-refractivity contribution in [2.45, 2.75) is 51.1 Å². The Kier molecular flexibility index (Phi) is 5.71. The number of anilines is 1. The Hall–Kier alpha value is -2.74. The Labute approximate surface area is 187 Å². The number of piperidine rings is 1. The number of likely N-dealkylation sites (tertiary alicyclic amines) is 1. The number of rotatable bonds is 5. The van der Waals surface area contributed by atoms with E-state index in [0.29, 0.717) is 29.6 Å². The highest BCUT2D eigenvalue weighted by atomic mass is 19.1. The maximum Gasteiger partial charge on any atom is 0.270 e. The first-order valence-corrected chi connectivity index (χ1v) is 11.5. The van der Waals surface area contributed by atoms with Crippen LogP contribution in [0.5, 0.6) is 5.75 Å². The fraction of sp³-hybridized carbons (Fsp3) is 0.542. The normalized spacial score (nSPS) is 24.8. The fourth-order valence-corrected chi connectivity index (χ4v) is 5.78. The summed E-state index contributed by atoms with van der Waals surface area (Å²) in [5.74, 6) is 0.729. The number of methoxy groups -OCH3 is 1. The molecular weight excluding hydrogens is 409 g/mol. The number of hydrogen-bond donors (Lipinski definition) is 2. The number of benzene rings is 1. The van der Waals surface area contributed by atoms with Crippen molar-refractivity contribution >= 4 is 11.9 Å². The standard InChI is InChI=1S/C24H30FN5O2/c1-32-19-8-4-5-14(20(19)25)11-30-12-15-9-10-16(13-30)21(15)28-23(31)22-17-6-2-3-7-18(17)27-24(26)29-22/h4-5,8,15-16,21H,2-3,6-7,9-13H2,1H3,(H,28,31)(H2,26,27,29)/t15-,16+,21?. The molecule has 1 saturated carbocycles. The van der Waals surface area contributed by atoms with Crippen LogP contribution in [-0.4, -0.2) is 47.0 Å². The zero-order valence-corrected chi connectivity index (χ0v) is 18.4. The smallest absolute Gasteiger partial charge is 0.270 e. The summed E-state index contributed by atoms with van der Waals surface area (Å²) in [4.78, 5) is 24.2. The van der Waals surface area contributed by atoms with Gasteiger partial charge in [0.1, 0.15) is 5.69 Å². The van der Waals surface area contributed by atoms with Crippen LogP contribution < -0.4 is 15.8 Å². The second-order valence-electron chi connectivity index (χ2n) is 9.29. The third-order valence-corrected chi connectivity index (χ3v) is 7.28. The van der Waals surface area contributed by atoms with Crippen LogP contribution in [-0.2, 0) is 19.4 Å². The average Bonchev–Trinajstić information content (AvgIpc) is 3.02. The van der Waals surface area contributed by atoms with Gasteiger partial charge in [-0.2, -0.15) is 0 Å². The van der Waals surface area contributed by atoms with E-state index in [1.54, 1.807) is 6.07 Å².